The van der Waals surface area contributed by atoms with E-state index in [-0.39, 0.29) is 17.4 Å². The summed E-state index contributed by atoms with van der Waals surface area (Å²) in [5.74, 6) is -1.43. The lowest BCUT2D eigenvalue weighted by molar-refractivity contribution is -0.142. The fourth-order valence-electron chi connectivity index (χ4n) is 2.44. The Morgan fingerprint density at radius 3 is 2.89 bits per heavy atom. The number of hydrogen-bond acceptors (Lipinski definition) is 4. The molecule has 1 aliphatic rings. The van der Waals surface area contributed by atoms with Crippen LogP contribution in [0.5, 0.6) is 0 Å². The first-order valence-corrected chi connectivity index (χ1v) is 7.59. The number of rotatable bonds is 5. The average Bonchev–Trinajstić information content (AvgIpc) is 2.94. The molecule has 0 bridgehead atoms. The van der Waals surface area contributed by atoms with Gasteiger partial charge in [0.25, 0.3) is 0 Å². The first kappa shape index (κ1) is 14.0. The van der Waals surface area contributed by atoms with E-state index in [1.54, 1.807) is 7.05 Å². The van der Waals surface area contributed by atoms with Crippen LogP contribution in [-0.4, -0.2) is 35.8 Å². The first-order chi connectivity index (χ1) is 8.90. The van der Waals surface area contributed by atoms with Crippen LogP contribution in [0.4, 0.5) is 0 Å². The van der Waals surface area contributed by atoms with Gasteiger partial charge in [-0.1, -0.05) is 6.42 Å². The summed E-state index contributed by atoms with van der Waals surface area (Å²) in [6.07, 6.45) is 4.87. The van der Waals surface area contributed by atoms with E-state index in [1.807, 2.05) is 0 Å². The molecule has 8 heteroatoms. The third-order valence-electron chi connectivity index (χ3n) is 3.50. The molecule has 0 saturated heterocycles. The quantitative estimate of drug-likeness (QED) is 0.805. The molecule has 1 saturated carbocycles. The molecule has 0 radical (unpaired) electrons. The van der Waals surface area contributed by atoms with Gasteiger partial charge in [0, 0.05) is 19.8 Å². The van der Waals surface area contributed by atoms with Crippen molar-refractivity contribution in [3.05, 3.63) is 12.4 Å². The zero-order valence-electron chi connectivity index (χ0n) is 10.6. The first-order valence-electron chi connectivity index (χ1n) is 6.11. The second-order valence-corrected chi connectivity index (χ2v) is 6.60. The Labute approximate surface area is 111 Å². The van der Waals surface area contributed by atoms with Crippen molar-refractivity contribution in [2.75, 3.05) is 6.54 Å². The molecule has 1 fully saturated rings. The minimum absolute atomic E-state index is 0.0971. The molecule has 2 unspecified atom stereocenters. The number of aryl methyl sites for hydroxylation is 1. The van der Waals surface area contributed by atoms with E-state index >= 15 is 0 Å². The predicted octanol–water partition coefficient (Wildman–Crippen LogP) is 0.199. The lowest BCUT2D eigenvalue weighted by Crippen LogP contribution is -2.32. The highest BCUT2D eigenvalue weighted by Gasteiger charge is 2.33. The van der Waals surface area contributed by atoms with Gasteiger partial charge in [0.2, 0.25) is 10.0 Å². The summed E-state index contributed by atoms with van der Waals surface area (Å²) in [7, 11) is -1.97. The van der Waals surface area contributed by atoms with Crippen LogP contribution in [0.2, 0.25) is 0 Å². The summed E-state index contributed by atoms with van der Waals surface area (Å²) in [4.78, 5) is 11.1. The van der Waals surface area contributed by atoms with Gasteiger partial charge in [-0.25, -0.2) is 13.1 Å². The van der Waals surface area contributed by atoms with Crippen LogP contribution in [0.15, 0.2) is 17.3 Å². The Hall–Kier alpha value is -1.41. The number of carboxylic acids is 1. The van der Waals surface area contributed by atoms with Crippen LogP contribution in [0.25, 0.3) is 0 Å². The molecule has 1 aromatic heterocycles. The van der Waals surface area contributed by atoms with Crippen LogP contribution < -0.4 is 4.72 Å². The van der Waals surface area contributed by atoms with Crippen LogP contribution in [-0.2, 0) is 21.9 Å². The van der Waals surface area contributed by atoms with E-state index in [0.717, 1.165) is 12.8 Å². The molecule has 1 aliphatic carbocycles. The molecule has 1 aromatic rings. The van der Waals surface area contributed by atoms with Crippen LogP contribution in [0, 0.1) is 11.8 Å². The fourth-order valence-corrected chi connectivity index (χ4v) is 3.52. The number of hydrogen-bond donors (Lipinski definition) is 2. The molecule has 1 heterocycles. The Morgan fingerprint density at radius 1 is 1.58 bits per heavy atom. The van der Waals surface area contributed by atoms with Crippen molar-refractivity contribution in [3.63, 3.8) is 0 Å². The number of carboxylic acid groups (broad SMARTS) is 1. The third kappa shape index (κ3) is 3.13. The maximum absolute atomic E-state index is 12.0. The lowest BCUT2D eigenvalue weighted by atomic mass is 9.97. The Morgan fingerprint density at radius 2 is 2.32 bits per heavy atom. The molecule has 0 amide bonds. The van der Waals surface area contributed by atoms with Gasteiger partial charge in [0.15, 0.2) is 0 Å². The van der Waals surface area contributed by atoms with Crippen LogP contribution in [0.1, 0.15) is 19.3 Å². The molecule has 106 valence electrons. The van der Waals surface area contributed by atoms with E-state index < -0.39 is 21.9 Å². The summed E-state index contributed by atoms with van der Waals surface area (Å²) in [6, 6.07) is 0. The molecule has 19 heavy (non-hydrogen) atoms. The molecule has 2 rings (SSSR count). The molecule has 2 atom stereocenters. The SMILES string of the molecule is Cn1cc(S(=O)(=O)NCC2CCCC2C(=O)O)cn1. The number of nitrogens with one attached hydrogen (secondary N) is 1. The van der Waals surface area contributed by atoms with E-state index in [9.17, 15) is 13.2 Å². The normalized spacial score (nSPS) is 23.6. The van der Waals surface area contributed by atoms with Crippen molar-refractivity contribution < 1.29 is 18.3 Å². The van der Waals surface area contributed by atoms with E-state index in [4.69, 9.17) is 5.11 Å². The Bertz CT molecular complexity index is 566. The van der Waals surface area contributed by atoms with E-state index in [0.29, 0.717) is 6.42 Å². The summed E-state index contributed by atoms with van der Waals surface area (Å²) < 4.78 is 27.8. The van der Waals surface area contributed by atoms with Crippen LogP contribution in [0.3, 0.4) is 0 Å². The molecular formula is C11H17N3O4S. The van der Waals surface area contributed by atoms with Gasteiger partial charge in [-0.15, -0.1) is 0 Å². The fraction of sp³-hybridized carbons (Fsp3) is 0.636. The van der Waals surface area contributed by atoms with Crippen molar-refractivity contribution >= 4 is 16.0 Å². The number of aromatic nitrogens is 2. The zero-order chi connectivity index (χ0) is 14.0. The molecule has 7 nitrogen and oxygen atoms in total. The predicted molar refractivity (Wildman–Crippen MR) is 66.9 cm³/mol. The zero-order valence-corrected chi connectivity index (χ0v) is 11.4. The summed E-state index contributed by atoms with van der Waals surface area (Å²) in [6.45, 7) is 0.161. The Balaban J connectivity index is 2.00. The molecule has 0 aromatic carbocycles. The van der Waals surface area contributed by atoms with Crippen molar-refractivity contribution in [1.29, 1.82) is 0 Å². The summed E-state index contributed by atoms with van der Waals surface area (Å²) in [5.41, 5.74) is 0. The third-order valence-corrected chi connectivity index (χ3v) is 4.88. The van der Waals surface area contributed by atoms with E-state index in [2.05, 4.69) is 9.82 Å². The minimum atomic E-state index is -3.60. The number of aliphatic carboxylic acids is 1. The van der Waals surface area contributed by atoms with Gasteiger partial charge in [-0.2, -0.15) is 5.10 Å². The van der Waals surface area contributed by atoms with E-state index in [1.165, 1.54) is 17.1 Å². The second-order valence-electron chi connectivity index (χ2n) is 4.84. The number of carbonyl (C=O) groups is 1. The summed E-state index contributed by atoms with van der Waals surface area (Å²) in [5, 5.41) is 12.9. The molecule has 2 N–H and O–H groups in total. The van der Waals surface area contributed by atoms with Gasteiger partial charge in [0.1, 0.15) is 4.90 Å². The smallest absolute Gasteiger partial charge is 0.306 e. The van der Waals surface area contributed by atoms with Crippen LogP contribution >= 0.6 is 0 Å². The molecular weight excluding hydrogens is 270 g/mol. The van der Waals surface area contributed by atoms with Gasteiger partial charge < -0.3 is 5.11 Å². The molecule has 0 spiro atoms. The van der Waals surface area contributed by atoms with Crippen molar-refractivity contribution in [2.45, 2.75) is 24.2 Å². The van der Waals surface area contributed by atoms with Crippen molar-refractivity contribution in [3.8, 4) is 0 Å². The largest absolute Gasteiger partial charge is 0.481 e. The average molecular weight is 287 g/mol. The lowest BCUT2D eigenvalue weighted by Gasteiger charge is -2.15. The maximum atomic E-state index is 12.0. The molecule has 0 aliphatic heterocycles. The highest BCUT2D eigenvalue weighted by molar-refractivity contribution is 7.89. The van der Waals surface area contributed by atoms with Gasteiger partial charge in [-0.05, 0) is 18.8 Å². The van der Waals surface area contributed by atoms with Gasteiger partial charge >= 0.3 is 5.97 Å². The second kappa shape index (κ2) is 5.30. The highest BCUT2D eigenvalue weighted by atomic mass is 32.2. The van der Waals surface area contributed by atoms with Crippen molar-refractivity contribution in [1.82, 2.24) is 14.5 Å². The number of sulfonamides is 1. The van der Waals surface area contributed by atoms with Crippen molar-refractivity contribution in [2.24, 2.45) is 18.9 Å². The van der Waals surface area contributed by atoms with Gasteiger partial charge in [-0.3, -0.25) is 9.48 Å². The summed E-state index contributed by atoms with van der Waals surface area (Å²) >= 11 is 0. The number of nitrogens with zero attached hydrogens (tertiary/aromatic N) is 2. The minimum Gasteiger partial charge on any atom is -0.481 e. The highest BCUT2D eigenvalue weighted by Crippen LogP contribution is 2.31. The topological polar surface area (TPSA) is 101 Å². The maximum Gasteiger partial charge on any atom is 0.306 e. The van der Waals surface area contributed by atoms with Gasteiger partial charge in [0.05, 0.1) is 12.1 Å². The standard InChI is InChI=1S/C11H17N3O4S/c1-14-7-9(6-12-14)19(17,18)13-5-8-3-2-4-10(8)11(15)16/h6-8,10,13H,2-5H2,1H3,(H,15,16). The Kier molecular flexibility index (Phi) is 3.91. The monoisotopic (exact) mass is 287 g/mol.